The first kappa shape index (κ1) is 31.6. The Hall–Kier alpha value is -2.57. The van der Waals surface area contributed by atoms with Gasteiger partial charge in [0.25, 0.3) is 0 Å². The second-order valence-corrected chi connectivity index (χ2v) is 12.0. The molecule has 2 rings (SSSR count). The van der Waals surface area contributed by atoms with Gasteiger partial charge in [0.15, 0.2) is 0 Å². The smallest absolute Gasteiger partial charge is 0.248 e. The standard InChI is InChI=1S/C32H51N3O3/c1-7-8-17-35-31(37)29(36)16-14-26(33)20-25(22(2)3)18-23-13-15-27(32(4,5)6)30(19-23)38-21-24-11-9-10-12-28(24)34/h9-13,15,19,22,25-26,29,36H,7-8,14,16-18,20-21,33-34H2,1-6H3,(H,35,37)/t25-,26-,29-/m0/s1. The summed E-state index contributed by atoms with van der Waals surface area (Å²) in [4.78, 5) is 12.1. The second kappa shape index (κ2) is 15.1. The van der Waals surface area contributed by atoms with Gasteiger partial charge in [-0.1, -0.05) is 78.3 Å². The monoisotopic (exact) mass is 525 g/mol. The number of carbonyl (C=O) groups is 1. The summed E-state index contributed by atoms with van der Waals surface area (Å²) in [6.45, 7) is 14.1. The van der Waals surface area contributed by atoms with Crippen molar-refractivity contribution in [3.05, 3.63) is 59.2 Å². The van der Waals surface area contributed by atoms with E-state index in [1.54, 1.807) is 0 Å². The number of anilines is 1. The molecule has 2 aromatic rings. The number of nitrogens with one attached hydrogen (secondary N) is 1. The molecular weight excluding hydrogens is 474 g/mol. The lowest BCUT2D eigenvalue weighted by molar-refractivity contribution is -0.129. The predicted molar refractivity (Wildman–Crippen MR) is 158 cm³/mol. The summed E-state index contributed by atoms with van der Waals surface area (Å²) < 4.78 is 6.35. The lowest BCUT2D eigenvalue weighted by Gasteiger charge is -2.27. The van der Waals surface area contributed by atoms with E-state index >= 15 is 0 Å². The van der Waals surface area contributed by atoms with Crippen LogP contribution in [0, 0.1) is 11.8 Å². The average Bonchev–Trinajstić information content (AvgIpc) is 2.85. The number of para-hydroxylation sites is 1. The van der Waals surface area contributed by atoms with Crippen molar-refractivity contribution in [2.24, 2.45) is 17.6 Å². The van der Waals surface area contributed by atoms with Crippen LogP contribution in [0.5, 0.6) is 5.75 Å². The molecule has 3 atom stereocenters. The molecule has 2 aromatic carbocycles. The van der Waals surface area contributed by atoms with Gasteiger partial charge in [-0.25, -0.2) is 0 Å². The van der Waals surface area contributed by atoms with Gasteiger partial charge in [-0.15, -0.1) is 0 Å². The first-order valence-electron chi connectivity index (χ1n) is 14.2. The van der Waals surface area contributed by atoms with Crippen LogP contribution in [0.3, 0.4) is 0 Å². The summed E-state index contributed by atoms with van der Waals surface area (Å²) in [6, 6.07) is 14.3. The van der Waals surface area contributed by atoms with E-state index < -0.39 is 6.10 Å². The molecule has 6 heteroatoms. The van der Waals surface area contributed by atoms with Crippen molar-refractivity contribution in [1.82, 2.24) is 5.32 Å². The van der Waals surface area contributed by atoms with Gasteiger partial charge in [-0.05, 0) is 72.6 Å². The Bertz CT molecular complexity index is 1000. The fraction of sp³-hybridized carbons (Fsp3) is 0.594. The topological polar surface area (TPSA) is 111 Å². The number of amides is 1. The summed E-state index contributed by atoms with van der Waals surface area (Å²) in [6.07, 6.45) is 3.63. The normalized spacial score (nSPS) is 14.2. The number of hydrogen-bond acceptors (Lipinski definition) is 5. The van der Waals surface area contributed by atoms with Crippen molar-refractivity contribution < 1.29 is 14.6 Å². The van der Waals surface area contributed by atoms with Crippen molar-refractivity contribution in [2.45, 2.75) is 104 Å². The van der Waals surface area contributed by atoms with E-state index in [-0.39, 0.29) is 17.4 Å². The highest BCUT2D eigenvalue weighted by Gasteiger charge is 2.23. The third kappa shape index (κ3) is 10.3. The van der Waals surface area contributed by atoms with Crippen molar-refractivity contribution >= 4 is 11.6 Å². The van der Waals surface area contributed by atoms with E-state index in [0.717, 1.165) is 42.7 Å². The zero-order chi connectivity index (χ0) is 28.3. The lowest BCUT2D eigenvalue weighted by atomic mass is 9.81. The minimum atomic E-state index is -1.00. The maximum absolute atomic E-state index is 12.1. The molecular formula is C32H51N3O3. The maximum Gasteiger partial charge on any atom is 0.248 e. The second-order valence-electron chi connectivity index (χ2n) is 12.0. The molecule has 1 amide bonds. The van der Waals surface area contributed by atoms with Gasteiger partial charge < -0.3 is 26.6 Å². The molecule has 0 aliphatic heterocycles. The van der Waals surface area contributed by atoms with E-state index in [1.807, 2.05) is 24.3 Å². The number of benzene rings is 2. The molecule has 6 N–H and O–H groups in total. The zero-order valence-electron chi connectivity index (χ0n) is 24.4. The number of ether oxygens (including phenoxy) is 1. The highest BCUT2D eigenvalue weighted by atomic mass is 16.5. The van der Waals surface area contributed by atoms with E-state index in [1.165, 1.54) is 11.1 Å². The van der Waals surface area contributed by atoms with Crippen molar-refractivity contribution in [3.63, 3.8) is 0 Å². The summed E-state index contributed by atoms with van der Waals surface area (Å²) in [5.74, 6) is 1.41. The molecule has 0 aromatic heterocycles. The van der Waals surface area contributed by atoms with Crippen LogP contribution in [-0.4, -0.2) is 29.7 Å². The number of nitrogens with two attached hydrogens (primary N) is 2. The van der Waals surface area contributed by atoms with Crippen LogP contribution in [0.25, 0.3) is 0 Å². The van der Waals surface area contributed by atoms with Crippen molar-refractivity contribution in [3.8, 4) is 5.75 Å². The molecule has 38 heavy (non-hydrogen) atoms. The van der Waals surface area contributed by atoms with E-state index in [2.05, 4.69) is 65.1 Å². The summed E-state index contributed by atoms with van der Waals surface area (Å²) in [5.41, 5.74) is 16.7. The first-order valence-corrected chi connectivity index (χ1v) is 14.2. The number of aliphatic hydroxyl groups is 1. The SMILES string of the molecule is CCCCNC(=O)[C@@H](O)CC[C@H](N)C[C@H](Cc1ccc(C(C)(C)C)c(OCc2ccccc2N)c1)C(C)C. The number of unbranched alkanes of at least 4 members (excludes halogenated alkanes) is 1. The Morgan fingerprint density at radius 3 is 2.45 bits per heavy atom. The molecule has 0 aliphatic carbocycles. The number of nitrogen functional groups attached to an aromatic ring is 1. The maximum atomic E-state index is 12.1. The van der Waals surface area contributed by atoms with Crippen LogP contribution in [0.15, 0.2) is 42.5 Å². The zero-order valence-corrected chi connectivity index (χ0v) is 24.4. The van der Waals surface area contributed by atoms with Crippen LogP contribution in [0.1, 0.15) is 90.3 Å². The van der Waals surface area contributed by atoms with E-state index in [0.29, 0.717) is 37.8 Å². The lowest BCUT2D eigenvalue weighted by Crippen LogP contribution is -2.36. The Kier molecular flexibility index (Phi) is 12.6. The molecule has 0 fully saturated rings. The molecule has 0 aliphatic rings. The Morgan fingerprint density at radius 2 is 1.82 bits per heavy atom. The van der Waals surface area contributed by atoms with Crippen LogP contribution in [0.4, 0.5) is 5.69 Å². The third-order valence-corrected chi connectivity index (χ3v) is 7.28. The third-order valence-electron chi connectivity index (χ3n) is 7.28. The highest BCUT2D eigenvalue weighted by molar-refractivity contribution is 5.80. The largest absolute Gasteiger partial charge is 0.489 e. The van der Waals surface area contributed by atoms with E-state index in [4.69, 9.17) is 16.2 Å². The molecule has 6 nitrogen and oxygen atoms in total. The predicted octanol–water partition coefficient (Wildman–Crippen LogP) is 5.73. The molecule has 0 saturated heterocycles. The van der Waals surface area contributed by atoms with Gasteiger partial charge in [0.05, 0.1) is 0 Å². The van der Waals surface area contributed by atoms with Gasteiger partial charge in [-0.2, -0.15) is 0 Å². The van der Waals surface area contributed by atoms with Gasteiger partial charge in [0.2, 0.25) is 5.91 Å². The van der Waals surface area contributed by atoms with E-state index in [9.17, 15) is 9.90 Å². The van der Waals surface area contributed by atoms with Crippen LogP contribution in [0.2, 0.25) is 0 Å². The van der Waals surface area contributed by atoms with Crippen molar-refractivity contribution in [2.75, 3.05) is 12.3 Å². The van der Waals surface area contributed by atoms with Crippen LogP contribution >= 0.6 is 0 Å². The molecule has 0 spiro atoms. The summed E-state index contributed by atoms with van der Waals surface area (Å²) in [5, 5.41) is 13.0. The number of rotatable bonds is 15. The minimum Gasteiger partial charge on any atom is -0.489 e. The molecule has 0 radical (unpaired) electrons. The first-order chi connectivity index (χ1) is 17.9. The minimum absolute atomic E-state index is 0.0560. The molecule has 0 unspecified atom stereocenters. The Labute approximate surface area is 230 Å². The van der Waals surface area contributed by atoms with Gasteiger partial charge in [0.1, 0.15) is 18.5 Å². The van der Waals surface area contributed by atoms with Crippen LogP contribution in [-0.2, 0) is 23.2 Å². The molecule has 212 valence electrons. The molecule has 0 heterocycles. The summed E-state index contributed by atoms with van der Waals surface area (Å²) in [7, 11) is 0. The number of carbonyl (C=O) groups excluding carboxylic acids is 1. The number of aliphatic hydroxyl groups excluding tert-OH is 1. The van der Waals surface area contributed by atoms with Crippen LogP contribution < -0.4 is 21.5 Å². The fourth-order valence-electron chi connectivity index (χ4n) is 4.66. The number of hydrogen-bond donors (Lipinski definition) is 4. The average molecular weight is 526 g/mol. The summed E-state index contributed by atoms with van der Waals surface area (Å²) >= 11 is 0. The molecule has 0 saturated carbocycles. The highest BCUT2D eigenvalue weighted by Crippen LogP contribution is 2.34. The van der Waals surface area contributed by atoms with Crippen molar-refractivity contribution in [1.29, 1.82) is 0 Å². The Morgan fingerprint density at radius 1 is 1.11 bits per heavy atom. The quantitative estimate of drug-likeness (QED) is 0.175. The Balaban J connectivity index is 2.06. The van der Waals surface area contributed by atoms with Gasteiger partial charge >= 0.3 is 0 Å². The molecule has 0 bridgehead atoms. The van der Waals surface area contributed by atoms with Gasteiger partial charge in [-0.3, -0.25) is 4.79 Å². The fourth-order valence-corrected chi connectivity index (χ4v) is 4.66. The van der Waals surface area contributed by atoms with Gasteiger partial charge in [0, 0.05) is 23.8 Å².